The lowest BCUT2D eigenvalue weighted by atomic mass is 9.71. The Morgan fingerprint density at radius 1 is 1.15 bits per heavy atom. The molecule has 2 saturated heterocycles. The summed E-state index contributed by atoms with van der Waals surface area (Å²) in [5.41, 5.74) is 3.97. The third-order valence-electron chi connectivity index (χ3n) is 10.3. The number of hydrogen-bond acceptors (Lipinski definition) is 14. The van der Waals surface area contributed by atoms with Crippen molar-refractivity contribution in [3.05, 3.63) is 39.4 Å². The fraction of sp³-hybridized carbons (Fsp3) is 0.529. The Balaban J connectivity index is 1.45. The zero-order valence-electron chi connectivity index (χ0n) is 28.7. The van der Waals surface area contributed by atoms with Gasteiger partial charge in [-0.3, -0.25) is 14.6 Å². The van der Waals surface area contributed by atoms with Crippen molar-refractivity contribution in [3.63, 3.8) is 0 Å². The number of nitriles is 1. The molecule has 14 nitrogen and oxygen atoms in total. The maximum Gasteiger partial charge on any atom is 0.408 e. The van der Waals surface area contributed by atoms with Gasteiger partial charge in [0.2, 0.25) is 10.6 Å². The number of aromatic hydroxyl groups is 1. The molecule has 4 bridgehead atoms. The first kappa shape index (κ1) is 36.8. The number of carbonyl (C=O) groups excluding carboxylic acids is 3. The van der Waals surface area contributed by atoms with Crippen LogP contribution in [0.4, 0.5) is 4.79 Å². The lowest BCUT2D eigenvalue weighted by molar-refractivity contribution is -0.151. The van der Waals surface area contributed by atoms with Crippen LogP contribution in [0.1, 0.15) is 57.6 Å². The summed E-state index contributed by atoms with van der Waals surface area (Å²) in [5, 5.41) is 24.7. The molecular weight excluding hydrogens is 763 g/mol. The lowest BCUT2D eigenvalue weighted by Crippen LogP contribution is -2.69. The zero-order valence-corrected chi connectivity index (χ0v) is 31.7. The van der Waals surface area contributed by atoms with Crippen LogP contribution in [0.3, 0.4) is 0 Å². The molecule has 5 aliphatic rings. The highest BCUT2D eigenvalue weighted by molar-refractivity contribution is 7.99. The van der Waals surface area contributed by atoms with E-state index in [0.717, 1.165) is 11.1 Å². The van der Waals surface area contributed by atoms with Gasteiger partial charge in [-0.25, -0.2) is 9.59 Å². The monoisotopic (exact) mass is 796 g/mol. The summed E-state index contributed by atoms with van der Waals surface area (Å²) in [6.07, 6.45) is -0.553. The van der Waals surface area contributed by atoms with Gasteiger partial charge in [0, 0.05) is 47.0 Å². The summed E-state index contributed by atoms with van der Waals surface area (Å²) in [7, 11) is 3.42. The van der Waals surface area contributed by atoms with E-state index in [1.54, 1.807) is 6.92 Å². The van der Waals surface area contributed by atoms with Gasteiger partial charge in [0.1, 0.15) is 31.0 Å². The number of likely N-dealkylation sites (N-methyl/N-ethyl adjacent to an activating group) is 1. The van der Waals surface area contributed by atoms with Crippen LogP contribution in [0.2, 0.25) is 0 Å². The van der Waals surface area contributed by atoms with E-state index in [0.29, 0.717) is 45.9 Å². The molecule has 2 fully saturated rings. The first-order valence-corrected chi connectivity index (χ1v) is 18.6. The second-order valence-corrected chi connectivity index (χ2v) is 17.0. The number of cyclic esters (lactones) is 1. The minimum absolute atomic E-state index is 0.00825. The number of aryl methyl sites for hydroxylation is 1. The van der Waals surface area contributed by atoms with E-state index in [1.807, 2.05) is 20.0 Å². The average molecular weight is 798 g/mol. The molecule has 0 aliphatic carbocycles. The molecule has 0 aromatic heterocycles. The van der Waals surface area contributed by atoms with Crippen LogP contribution in [0.15, 0.2) is 6.07 Å². The van der Waals surface area contributed by atoms with Gasteiger partial charge in [0.15, 0.2) is 23.0 Å². The quantitative estimate of drug-likeness (QED) is 0.248. The molecule has 18 heteroatoms. The van der Waals surface area contributed by atoms with Crippen molar-refractivity contribution in [2.24, 2.45) is 0 Å². The van der Waals surface area contributed by atoms with Crippen molar-refractivity contribution in [2.75, 3.05) is 39.9 Å². The number of thioether (sulfide) groups is 1. The Labute approximate surface area is 318 Å². The molecule has 7 rings (SSSR count). The smallest absolute Gasteiger partial charge is 0.408 e. The summed E-state index contributed by atoms with van der Waals surface area (Å²) in [5.74, 6) is -0.00818. The summed E-state index contributed by atoms with van der Waals surface area (Å²) in [6, 6.07) is 0.309. The molecule has 278 valence electrons. The van der Waals surface area contributed by atoms with Gasteiger partial charge in [-0.1, -0.05) is 40.9 Å². The Kier molecular flexibility index (Phi) is 9.71. The van der Waals surface area contributed by atoms with Gasteiger partial charge in [-0.15, -0.1) is 11.8 Å². The number of nitrogens with zero attached hydrogens (tertiary/aromatic N) is 3. The van der Waals surface area contributed by atoms with E-state index in [9.17, 15) is 24.8 Å². The van der Waals surface area contributed by atoms with Gasteiger partial charge in [0.05, 0.1) is 30.5 Å². The van der Waals surface area contributed by atoms with Crippen molar-refractivity contribution < 1.29 is 47.9 Å². The predicted octanol–water partition coefficient (Wildman–Crippen LogP) is 4.70. The van der Waals surface area contributed by atoms with Gasteiger partial charge >= 0.3 is 18.0 Å². The van der Waals surface area contributed by atoms with Gasteiger partial charge in [0.25, 0.3) is 0 Å². The number of rotatable bonds is 4. The molecule has 5 aliphatic heterocycles. The SMILES string of the molecule is COc1c(C)cc2c(c1O)[C@@H]1[C@@H]3[C@@H]4SC[C@@H](NC(=O)OCC(Cl)(Cl)Cl)C(=O)OC[C@@H](c5c6c(c(C)c(OC(C)=O)c54)OCO6)N3[C@@H](C#N)[C@H](C2)N1C. The molecular formula is C34H35Cl3N4O10S. The number of esters is 2. The number of halogens is 3. The van der Waals surface area contributed by atoms with Crippen molar-refractivity contribution in [1.29, 1.82) is 5.26 Å². The number of nitrogens with one attached hydrogen (secondary N) is 1. The van der Waals surface area contributed by atoms with Crippen LogP contribution in [-0.2, 0) is 25.5 Å². The molecule has 2 aromatic carbocycles. The minimum Gasteiger partial charge on any atom is -0.504 e. The molecule has 0 spiro atoms. The highest BCUT2D eigenvalue weighted by atomic mass is 35.6. The Hall–Kier alpha value is -3.52. The van der Waals surface area contributed by atoms with E-state index >= 15 is 0 Å². The topological polar surface area (TPSA) is 169 Å². The second kappa shape index (κ2) is 13.7. The second-order valence-electron chi connectivity index (χ2n) is 13.3. The normalized spacial score (nSPS) is 27.7. The van der Waals surface area contributed by atoms with Crippen LogP contribution in [0.5, 0.6) is 28.7 Å². The maximum atomic E-state index is 13.7. The fourth-order valence-corrected chi connectivity index (χ4v) is 10.1. The Bertz CT molecular complexity index is 1900. The number of amides is 1. The van der Waals surface area contributed by atoms with Gasteiger partial charge in [-0.05, 0) is 38.4 Å². The number of piperazine rings is 1. The third-order valence-corrected chi connectivity index (χ3v) is 12.0. The van der Waals surface area contributed by atoms with Gasteiger partial charge < -0.3 is 38.8 Å². The van der Waals surface area contributed by atoms with E-state index in [4.69, 9.17) is 63.2 Å². The number of phenolic OH excluding ortho intramolecular Hbond substituents is 1. The molecule has 5 heterocycles. The standard InChI is InChI=1S/C34H35Cl3N4O10S/c1-13-6-16-7-18-19(8-38)41-20-9-47-32(44)17(39-33(45)48-11-34(35,36)37)10-52-31(25(41)24(40(18)4)21(16)26(43)27(13)46-5)23-22(20)30-29(49-12-50-30)14(2)28(23)51-15(3)42/h6,17-20,24-25,31,43H,7,9-12H2,1-5H3,(H,39,45)/t17-,18+,19+,20+,24-,25-,31-/m1/s1. The summed E-state index contributed by atoms with van der Waals surface area (Å²) < 4.78 is 32.8. The number of alkyl halides is 3. The summed E-state index contributed by atoms with van der Waals surface area (Å²) in [6.45, 7) is 3.97. The van der Waals surface area contributed by atoms with Crippen LogP contribution >= 0.6 is 46.6 Å². The molecule has 0 radical (unpaired) electrons. The zero-order chi connectivity index (χ0) is 37.4. The number of fused-ring (bicyclic) bond motifs is 9. The summed E-state index contributed by atoms with van der Waals surface area (Å²) in [4.78, 5) is 43.4. The lowest BCUT2D eigenvalue weighted by Gasteiger charge is -2.61. The number of ether oxygens (including phenoxy) is 6. The fourth-order valence-electron chi connectivity index (χ4n) is 8.40. The largest absolute Gasteiger partial charge is 0.504 e. The van der Waals surface area contributed by atoms with E-state index in [2.05, 4.69) is 21.2 Å². The van der Waals surface area contributed by atoms with Crippen LogP contribution in [0.25, 0.3) is 0 Å². The average Bonchev–Trinajstić information content (AvgIpc) is 3.57. The number of phenols is 1. The first-order valence-electron chi connectivity index (χ1n) is 16.4. The van der Waals surface area contributed by atoms with Crippen LogP contribution in [0, 0.1) is 25.2 Å². The van der Waals surface area contributed by atoms with Crippen LogP contribution < -0.4 is 24.3 Å². The Morgan fingerprint density at radius 2 is 1.88 bits per heavy atom. The van der Waals surface area contributed by atoms with Crippen molar-refractivity contribution in [1.82, 2.24) is 15.1 Å². The molecule has 7 atom stereocenters. The van der Waals surface area contributed by atoms with E-state index in [1.165, 1.54) is 25.8 Å². The van der Waals surface area contributed by atoms with E-state index < -0.39 is 63.9 Å². The Morgan fingerprint density at radius 3 is 2.56 bits per heavy atom. The maximum absolute atomic E-state index is 13.7. The van der Waals surface area contributed by atoms with Crippen molar-refractivity contribution >= 4 is 64.6 Å². The molecule has 2 aromatic rings. The highest BCUT2D eigenvalue weighted by Crippen LogP contribution is 2.64. The van der Waals surface area contributed by atoms with Gasteiger partial charge in [-0.2, -0.15) is 5.26 Å². The van der Waals surface area contributed by atoms with Crippen molar-refractivity contribution in [2.45, 2.75) is 72.5 Å². The molecule has 2 N–H and O–H groups in total. The highest BCUT2D eigenvalue weighted by Gasteiger charge is 2.60. The predicted molar refractivity (Wildman–Crippen MR) is 188 cm³/mol. The third kappa shape index (κ3) is 6.01. The first-order chi connectivity index (χ1) is 24.7. The number of carbonyl (C=O) groups is 3. The minimum atomic E-state index is -1.88. The number of hydrogen-bond donors (Lipinski definition) is 2. The number of methoxy groups -OCH3 is 1. The number of alkyl carbamates (subject to hydrolysis) is 1. The molecule has 0 unspecified atom stereocenters. The van der Waals surface area contributed by atoms with E-state index in [-0.39, 0.29) is 36.7 Å². The molecule has 1 amide bonds. The molecule has 52 heavy (non-hydrogen) atoms. The number of benzene rings is 2. The summed E-state index contributed by atoms with van der Waals surface area (Å²) >= 11 is 18.6. The van der Waals surface area contributed by atoms with Crippen LogP contribution in [-0.4, -0.2) is 101 Å². The van der Waals surface area contributed by atoms with Crippen molar-refractivity contribution in [3.8, 4) is 34.8 Å². The molecule has 0 saturated carbocycles.